The summed E-state index contributed by atoms with van der Waals surface area (Å²) >= 11 is 0. The first-order valence-corrected chi connectivity index (χ1v) is 12.7. The summed E-state index contributed by atoms with van der Waals surface area (Å²) in [5, 5.41) is 0. The Labute approximate surface area is 162 Å². The predicted octanol–water partition coefficient (Wildman–Crippen LogP) is 7.77. The van der Waals surface area contributed by atoms with Crippen molar-refractivity contribution < 1.29 is 0 Å². The first-order valence-electron chi connectivity index (χ1n) is 11.2. The van der Waals surface area contributed by atoms with E-state index in [1.165, 1.54) is 50.7 Å². The summed E-state index contributed by atoms with van der Waals surface area (Å²) in [4.78, 5) is 0. The van der Waals surface area contributed by atoms with Gasteiger partial charge in [-0.2, -0.15) is 0 Å². The number of hydrogen-bond acceptors (Lipinski definition) is 0. The first kappa shape index (κ1) is 21.4. The molecule has 5 unspecified atom stereocenters. The molecule has 1 heteroatoms. The van der Waals surface area contributed by atoms with Crippen molar-refractivity contribution in [2.24, 2.45) is 23.2 Å². The van der Waals surface area contributed by atoms with Crippen molar-refractivity contribution in [3.05, 3.63) is 12.2 Å². The Morgan fingerprint density at radius 2 is 1.80 bits per heavy atom. The molecule has 0 aromatic rings. The van der Waals surface area contributed by atoms with Gasteiger partial charge in [-0.3, -0.25) is 0 Å². The summed E-state index contributed by atoms with van der Waals surface area (Å²) < 4.78 is 1.06. The minimum absolute atomic E-state index is 0.0551. The van der Waals surface area contributed by atoms with E-state index in [-0.39, 0.29) is 10.9 Å². The number of rotatable bonds is 9. The molecule has 25 heavy (non-hydrogen) atoms. The molecule has 1 heterocycles. The predicted molar refractivity (Wildman–Crippen MR) is 119 cm³/mol. The zero-order valence-electron chi connectivity index (χ0n) is 18.5. The minimum atomic E-state index is 0.0551. The maximum atomic E-state index is 4.78. The third-order valence-corrected chi connectivity index (χ3v) is 13.0. The molecule has 1 aliphatic heterocycles. The van der Waals surface area contributed by atoms with Crippen LogP contribution in [0.3, 0.4) is 0 Å². The molecule has 0 amide bonds. The molecule has 0 nitrogen and oxygen atoms in total. The molecule has 1 aliphatic carbocycles. The van der Waals surface area contributed by atoms with Gasteiger partial charge in [0.2, 0.25) is 0 Å². The molecule has 0 spiro atoms. The molecule has 2 rings (SSSR count). The fourth-order valence-corrected chi connectivity index (χ4v) is 13.1. The van der Waals surface area contributed by atoms with Crippen molar-refractivity contribution in [1.82, 2.24) is 0 Å². The van der Waals surface area contributed by atoms with E-state index in [0.29, 0.717) is 20.8 Å². The highest BCUT2D eigenvalue weighted by Gasteiger charge is 2.82. The van der Waals surface area contributed by atoms with E-state index in [4.69, 9.17) is 6.58 Å². The third kappa shape index (κ3) is 2.77. The van der Waals surface area contributed by atoms with Gasteiger partial charge in [0.25, 0.3) is 0 Å². The van der Waals surface area contributed by atoms with Gasteiger partial charge in [0, 0.05) is 9.49 Å². The van der Waals surface area contributed by atoms with Crippen LogP contribution < -0.4 is 0 Å². The lowest BCUT2D eigenvalue weighted by Crippen LogP contribution is -2.50. The number of fused-ring (bicyclic) bond motifs is 1. The van der Waals surface area contributed by atoms with Crippen molar-refractivity contribution >= 4 is 10.9 Å². The Balaban J connectivity index is 2.54. The van der Waals surface area contributed by atoms with Crippen LogP contribution in [0.5, 0.6) is 0 Å². The van der Waals surface area contributed by atoms with Crippen molar-refractivity contribution in [3.63, 3.8) is 0 Å². The minimum Gasteiger partial charge on any atom is -0.235 e. The molecule has 6 atom stereocenters. The first-order chi connectivity index (χ1) is 11.7. The van der Waals surface area contributed by atoms with E-state index >= 15 is 0 Å². The Morgan fingerprint density at radius 3 is 2.24 bits per heavy atom. The highest BCUT2D eigenvalue weighted by molar-refractivity contribution is 8.26. The summed E-state index contributed by atoms with van der Waals surface area (Å²) in [5.41, 5.74) is 2.17. The normalized spacial score (nSPS) is 43.2. The largest absolute Gasteiger partial charge is 0.235 e. The van der Waals surface area contributed by atoms with Crippen LogP contribution in [0.1, 0.15) is 100 Å². The second-order valence-corrected chi connectivity index (χ2v) is 12.4. The van der Waals surface area contributed by atoms with Crippen LogP contribution in [0, 0.1) is 23.2 Å². The van der Waals surface area contributed by atoms with Crippen LogP contribution >= 0.6 is 10.9 Å². The molecule has 0 bridgehead atoms. The van der Waals surface area contributed by atoms with Gasteiger partial charge in [-0.05, 0) is 54.6 Å². The zero-order valence-corrected chi connectivity index (χ0v) is 19.4. The van der Waals surface area contributed by atoms with Crippen molar-refractivity contribution in [1.29, 1.82) is 0 Å². The molecule has 0 N–H and O–H groups in total. The van der Waals surface area contributed by atoms with Gasteiger partial charge in [0.15, 0.2) is 0 Å². The van der Waals surface area contributed by atoms with Crippen LogP contribution in [-0.4, -0.2) is 15.2 Å². The topological polar surface area (TPSA) is 0 Å². The summed E-state index contributed by atoms with van der Waals surface area (Å²) in [5.74, 6) is 3.91. The quantitative estimate of drug-likeness (QED) is 0.240. The zero-order chi connectivity index (χ0) is 19.0. The fourth-order valence-electron chi connectivity index (χ4n) is 7.03. The van der Waals surface area contributed by atoms with Gasteiger partial charge in [-0.25, -0.2) is 10.9 Å². The van der Waals surface area contributed by atoms with E-state index in [9.17, 15) is 0 Å². The van der Waals surface area contributed by atoms with Gasteiger partial charge in [0.05, 0.1) is 0 Å². The monoisotopic (exact) mass is 366 g/mol. The van der Waals surface area contributed by atoms with E-state index < -0.39 is 0 Å². The van der Waals surface area contributed by atoms with Crippen molar-refractivity contribution in [2.75, 3.05) is 5.75 Å². The molecule has 0 aromatic carbocycles. The van der Waals surface area contributed by atoms with Crippen LogP contribution in [0.15, 0.2) is 12.2 Å². The van der Waals surface area contributed by atoms with Crippen LogP contribution in [0.25, 0.3) is 0 Å². The lowest BCUT2D eigenvalue weighted by molar-refractivity contribution is 0.120. The summed E-state index contributed by atoms with van der Waals surface area (Å²) in [6.07, 6.45) is 9.65. The van der Waals surface area contributed by atoms with Crippen LogP contribution in [0.4, 0.5) is 0 Å². The van der Waals surface area contributed by atoms with Gasteiger partial charge < -0.3 is 0 Å². The second-order valence-electron chi connectivity index (χ2n) is 9.75. The van der Waals surface area contributed by atoms with E-state index in [0.717, 1.165) is 11.8 Å². The lowest BCUT2D eigenvalue weighted by Gasteiger charge is -2.49. The smallest absolute Gasteiger partial charge is 0.0353 e. The van der Waals surface area contributed by atoms with Crippen LogP contribution in [0.2, 0.25) is 0 Å². The molecule has 1 saturated heterocycles. The van der Waals surface area contributed by atoms with Gasteiger partial charge in [-0.1, -0.05) is 86.8 Å². The second kappa shape index (κ2) is 7.61. The molecular formula is C24H46S. The van der Waals surface area contributed by atoms with Crippen LogP contribution in [-0.2, 0) is 0 Å². The average molecular weight is 367 g/mol. The molecule has 2 fully saturated rings. The maximum absolute atomic E-state index is 4.78. The molecule has 0 aromatic heterocycles. The number of thiol groups is 1. The van der Waals surface area contributed by atoms with Crippen molar-refractivity contribution in [2.45, 2.75) is 110 Å². The summed E-state index contributed by atoms with van der Waals surface area (Å²) in [6.45, 7) is 24.6. The van der Waals surface area contributed by atoms with Gasteiger partial charge >= 0.3 is 0 Å². The standard InChI is InChI=1S/C24H46S/c1-10-14-21(12-3)17-25-23(15-11-2)22(9,13-4)16-19(7)20(8)24(23,25)18(5)6/h18-19,21,25H,8,10-17H2,1-7,9H3/t19?,21?,22-,23?,24?/m0/s1. The molecular weight excluding hydrogens is 320 g/mol. The lowest BCUT2D eigenvalue weighted by atomic mass is 9.54. The maximum Gasteiger partial charge on any atom is 0.0353 e. The highest BCUT2D eigenvalue weighted by atomic mass is 32.2. The summed E-state index contributed by atoms with van der Waals surface area (Å²) in [6, 6.07) is 0. The van der Waals surface area contributed by atoms with E-state index in [2.05, 4.69) is 55.4 Å². The van der Waals surface area contributed by atoms with E-state index in [1.807, 2.05) is 0 Å². The Bertz CT molecular complexity index is 480. The SMILES string of the molecule is C=C1C(C)C[C@](C)(CC)C2(CCC)[SH](CC(CC)CCC)C12C(C)C. The average Bonchev–Trinajstić information content (AvgIpc) is 3.17. The van der Waals surface area contributed by atoms with Crippen molar-refractivity contribution in [3.8, 4) is 0 Å². The van der Waals surface area contributed by atoms with E-state index in [1.54, 1.807) is 5.57 Å². The molecule has 0 radical (unpaired) electrons. The fraction of sp³-hybridized carbons (Fsp3) is 0.917. The highest BCUT2D eigenvalue weighted by Crippen LogP contribution is 2.91. The Hall–Kier alpha value is 0.0900. The van der Waals surface area contributed by atoms with Gasteiger partial charge in [0.1, 0.15) is 0 Å². The summed E-state index contributed by atoms with van der Waals surface area (Å²) in [7, 11) is 0.0551. The third-order valence-electron chi connectivity index (χ3n) is 8.25. The Morgan fingerprint density at radius 1 is 1.16 bits per heavy atom. The molecule has 148 valence electrons. The Kier molecular flexibility index (Phi) is 6.51. The molecule has 1 saturated carbocycles. The molecule has 2 aliphatic rings. The van der Waals surface area contributed by atoms with Gasteiger partial charge in [-0.15, -0.1) is 0 Å². The number of hydrogen-bond donors (Lipinski definition) is 1.